The molecule has 0 unspecified atom stereocenters. The molecule has 1 aromatic heterocycles. The molecule has 1 heterocycles. The van der Waals surface area contributed by atoms with Crippen LogP contribution in [0.25, 0.3) is 5.69 Å². The molecule has 0 spiro atoms. The van der Waals surface area contributed by atoms with Crippen molar-refractivity contribution in [2.24, 2.45) is 0 Å². The molecule has 0 atom stereocenters. The largest absolute Gasteiger partial charge is 0.236 e. The Bertz CT molecular complexity index is 465. The fourth-order valence-electron chi connectivity index (χ4n) is 1.22. The van der Waals surface area contributed by atoms with Gasteiger partial charge in [0.1, 0.15) is 0 Å². The second kappa shape index (κ2) is 3.75. The van der Waals surface area contributed by atoms with Crippen molar-refractivity contribution in [3.63, 3.8) is 0 Å². The van der Waals surface area contributed by atoms with Gasteiger partial charge >= 0.3 is 0 Å². The predicted molar refractivity (Wildman–Crippen MR) is 59.8 cm³/mol. The minimum Gasteiger partial charge on any atom is -0.236 e. The normalized spacial score (nSPS) is 10.5. The second-order valence-corrected chi connectivity index (χ2v) is 4.17. The molecular weight excluding hydrogens is 263 g/mol. The first-order valence-electron chi connectivity index (χ1n) is 4.06. The number of hydrogen-bond acceptors (Lipinski definition) is 1. The third kappa shape index (κ3) is 1.70. The van der Waals surface area contributed by atoms with E-state index in [4.69, 9.17) is 11.6 Å². The maximum Gasteiger partial charge on any atom is 0.0791 e. The number of rotatable bonds is 1. The Hall–Kier alpha value is -0.800. The number of nitrogens with zero attached hydrogens (tertiary/aromatic N) is 2. The molecule has 0 bridgehead atoms. The van der Waals surface area contributed by atoms with Crippen molar-refractivity contribution in [2.45, 2.75) is 6.92 Å². The number of aryl methyl sites for hydroxylation is 1. The summed E-state index contributed by atoms with van der Waals surface area (Å²) < 4.78 is 2.73. The van der Waals surface area contributed by atoms with Crippen LogP contribution in [0.2, 0.25) is 5.02 Å². The van der Waals surface area contributed by atoms with Crippen molar-refractivity contribution >= 4 is 27.5 Å². The van der Waals surface area contributed by atoms with Gasteiger partial charge in [0, 0.05) is 21.3 Å². The van der Waals surface area contributed by atoms with Gasteiger partial charge in [-0.25, -0.2) is 4.68 Å². The van der Waals surface area contributed by atoms with Crippen LogP contribution >= 0.6 is 27.5 Å². The van der Waals surface area contributed by atoms with Crippen molar-refractivity contribution in [3.8, 4) is 5.69 Å². The molecule has 0 aliphatic carbocycles. The maximum absolute atomic E-state index is 5.85. The zero-order chi connectivity index (χ0) is 10.1. The van der Waals surface area contributed by atoms with Crippen LogP contribution in [-0.4, -0.2) is 9.78 Å². The predicted octanol–water partition coefficient (Wildman–Crippen LogP) is 3.40. The van der Waals surface area contributed by atoms with E-state index in [1.54, 1.807) is 10.9 Å². The Kier molecular flexibility index (Phi) is 2.61. The third-order valence-corrected chi connectivity index (χ3v) is 2.77. The van der Waals surface area contributed by atoms with E-state index in [9.17, 15) is 0 Å². The van der Waals surface area contributed by atoms with Gasteiger partial charge in [0.15, 0.2) is 0 Å². The van der Waals surface area contributed by atoms with E-state index < -0.39 is 0 Å². The molecule has 71 valence electrons. The summed E-state index contributed by atoms with van der Waals surface area (Å²) in [4.78, 5) is 0. The highest BCUT2D eigenvalue weighted by atomic mass is 79.9. The van der Waals surface area contributed by atoms with Gasteiger partial charge < -0.3 is 0 Å². The molecule has 2 aromatic rings. The summed E-state index contributed by atoms with van der Waals surface area (Å²) in [5.41, 5.74) is 1.93. The van der Waals surface area contributed by atoms with Gasteiger partial charge in [0.2, 0.25) is 0 Å². The van der Waals surface area contributed by atoms with E-state index in [2.05, 4.69) is 27.1 Å². The second-order valence-electron chi connectivity index (χ2n) is 2.88. The van der Waals surface area contributed by atoms with Crippen LogP contribution < -0.4 is 0 Å². The van der Waals surface area contributed by atoms with E-state index >= 15 is 0 Å². The SMILES string of the molecule is Cc1[c]cnn1-c1ccc(Cl)cc1Br. The van der Waals surface area contributed by atoms with Gasteiger partial charge in [0.25, 0.3) is 0 Å². The van der Waals surface area contributed by atoms with Gasteiger partial charge in [-0.2, -0.15) is 5.10 Å². The lowest BCUT2D eigenvalue weighted by atomic mass is 10.3. The molecule has 2 rings (SSSR count). The topological polar surface area (TPSA) is 17.8 Å². The molecule has 0 amide bonds. The highest BCUT2D eigenvalue weighted by Gasteiger charge is 2.05. The zero-order valence-corrected chi connectivity index (χ0v) is 9.80. The summed E-state index contributed by atoms with van der Waals surface area (Å²) in [6, 6.07) is 8.61. The first-order chi connectivity index (χ1) is 6.68. The summed E-state index contributed by atoms with van der Waals surface area (Å²) >= 11 is 9.29. The zero-order valence-electron chi connectivity index (χ0n) is 7.46. The third-order valence-electron chi connectivity index (χ3n) is 1.90. The van der Waals surface area contributed by atoms with Crippen molar-refractivity contribution in [1.82, 2.24) is 9.78 Å². The maximum atomic E-state index is 5.85. The van der Waals surface area contributed by atoms with Crippen molar-refractivity contribution < 1.29 is 0 Å². The van der Waals surface area contributed by atoms with Crippen LogP contribution in [0.4, 0.5) is 0 Å². The van der Waals surface area contributed by atoms with Crippen molar-refractivity contribution in [1.29, 1.82) is 0 Å². The quantitative estimate of drug-likeness (QED) is 0.776. The molecule has 14 heavy (non-hydrogen) atoms. The summed E-state index contributed by atoms with van der Waals surface area (Å²) in [5.74, 6) is 0. The number of halogens is 2. The first-order valence-corrected chi connectivity index (χ1v) is 5.23. The number of benzene rings is 1. The van der Waals surface area contributed by atoms with Crippen LogP contribution in [0.3, 0.4) is 0 Å². The number of hydrogen-bond donors (Lipinski definition) is 0. The van der Waals surface area contributed by atoms with E-state index in [1.807, 2.05) is 25.1 Å². The van der Waals surface area contributed by atoms with Crippen LogP contribution in [-0.2, 0) is 0 Å². The van der Waals surface area contributed by atoms with Gasteiger partial charge in [-0.15, -0.1) is 0 Å². The average Bonchev–Trinajstić information content (AvgIpc) is 2.52. The molecule has 0 aliphatic rings. The fraction of sp³-hybridized carbons (Fsp3) is 0.100. The summed E-state index contributed by atoms with van der Waals surface area (Å²) in [6.45, 7) is 1.95. The Morgan fingerprint density at radius 1 is 1.50 bits per heavy atom. The molecule has 0 fully saturated rings. The van der Waals surface area contributed by atoms with E-state index in [-0.39, 0.29) is 0 Å². The lowest BCUT2D eigenvalue weighted by Crippen LogP contribution is -1.99. The molecule has 0 N–H and O–H groups in total. The van der Waals surface area contributed by atoms with Crippen LogP contribution in [0.5, 0.6) is 0 Å². The molecular formula is C10H7BrClN2. The Labute approximate surface area is 95.6 Å². The Morgan fingerprint density at radius 3 is 2.86 bits per heavy atom. The van der Waals surface area contributed by atoms with Gasteiger partial charge in [-0.3, -0.25) is 0 Å². The molecule has 0 saturated carbocycles. The highest BCUT2D eigenvalue weighted by molar-refractivity contribution is 9.10. The molecule has 1 aromatic carbocycles. The molecule has 0 aliphatic heterocycles. The minimum absolute atomic E-state index is 0.703. The summed E-state index contributed by atoms with van der Waals surface area (Å²) in [7, 11) is 0. The van der Waals surface area contributed by atoms with E-state index in [0.29, 0.717) is 5.02 Å². The molecule has 1 radical (unpaired) electrons. The monoisotopic (exact) mass is 269 g/mol. The van der Waals surface area contributed by atoms with E-state index in [1.165, 1.54) is 0 Å². The lowest BCUT2D eigenvalue weighted by molar-refractivity contribution is 0.843. The van der Waals surface area contributed by atoms with Gasteiger partial charge in [0.05, 0.1) is 11.9 Å². The van der Waals surface area contributed by atoms with Crippen molar-refractivity contribution in [2.75, 3.05) is 0 Å². The standard InChI is InChI=1S/C10H7BrClN2/c1-7-4-5-13-14(7)10-3-2-8(12)6-9(10)11/h2-3,5-6H,1H3. The molecule has 4 heteroatoms. The van der Waals surface area contributed by atoms with Gasteiger partial charge in [-0.05, 0) is 41.1 Å². The Balaban J connectivity index is 2.58. The van der Waals surface area contributed by atoms with Crippen LogP contribution in [0.1, 0.15) is 5.69 Å². The summed E-state index contributed by atoms with van der Waals surface area (Å²) in [6.07, 6.45) is 1.65. The van der Waals surface area contributed by atoms with Gasteiger partial charge in [-0.1, -0.05) is 11.6 Å². The Morgan fingerprint density at radius 2 is 2.29 bits per heavy atom. The first kappa shape index (κ1) is 9.74. The fourth-order valence-corrected chi connectivity index (χ4v) is 2.07. The average molecular weight is 271 g/mol. The smallest absolute Gasteiger partial charge is 0.0791 e. The number of aromatic nitrogens is 2. The van der Waals surface area contributed by atoms with Crippen LogP contribution in [0, 0.1) is 13.0 Å². The molecule has 2 nitrogen and oxygen atoms in total. The lowest BCUT2D eigenvalue weighted by Gasteiger charge is -2.06. The molecule has 0 saturated heterocycles. The highest BCUT2D eigenvalue weighted by Crippen LogP contribution is 2.24. The van der Waals surface area contributed by atoms with Crippen molar-refractivity contribution in [3.05, 3.63) is 45.7 Å². The summed E-state index contributed by atoms with van der Waals surface area (Å²) in [5, 5.41) is 4.87. The van der Waals surface area contributed by atoms with Crippen LogP contribution in [0.15, 0.2) is 28.9 Å². The minimum atomic E-state index is 0.703. The van der Waals surface area contributed by atoms with E-state index in [0.717, 1.165) is 15.9 Å².